The number of anilines is 2. The molecule has 5 nitrogen and oxygen atoms in total. The van der Waals surface area contributed by atoms with Crippen LogP contribution in [0.25, 0.3) is 0 Å². The van der Waals surface area contributed by atoms with E-state index in [0.717, 1.165) is 11.4 Å². The van der Waals surface area contributed by atoms with Gasteiger partial charge >= 0.3 is 0 Å². The van der Waals surface area contributed by atoms with Crippen molar-refractivity contribution in [1.82, 2.24) is 15.3 Å². The highest BCUT2D eigenvalue weighted by Gasteiger charge is 2.16. The standard InChI is InChI=1S/C18H24N4O/c1-12-10-13(2)21-17(20-12)22-15-9-7-6-8-14(15)16(23)19-11-18(3,4)5/h6-10H,11H2,1-5H3,(H,19,23)(H,20,21,22). The lowest BCUT2D eigenvalue weighted by Gasteiger charge is -2.19. The number of nitrogens with zero attached hydrogens (tertiary/aromatic N) is 2. The molecule has 23 heavy (non-hydrogen) atoms. The van der Waals surface area contributed by atoms with Crippen LogP contribution in [-0.4, -0.2) is 22.4 Å². The number of aromatic nitrogens is 2. The maximum absolute atomic E-state index is 12.4. The van der Waals surface area contributed by atoms with E-state index in [-0.39, 0.29) is 11.3 Å². The molecule has 2 rings (SSSR count). The first kappa shape index (κ1) is 16.9. The van der Waals surface area contributed by atoms with E-state index in [4.69, 9.17) is 0 Å². The molecule has 5 heteroatoms. The van der Waals surface area contributed by atoms with E-state index in [2.05, 4.69) is 41.4 Å². The average molecular weight is 312 g/mol. The largest absolute Gasteiger partial charge is 0.351 e. The minimum atomic E-state index is -0.104. The number of hydrogen-bond donors (Lipinski definition) is 2. The fraction of sp³-hybridized carbons (Fsp3) is 0.389. The molecule has 2 aromatic rings. The van der Waals surface area contributed by atoms with Crippen molar-refractivity contribution in [2.24, 2.45) is 5.41 Å². The summed E-state index contributed by atoms with van der Waals surface area (Å²) in [7, 11) is 0. The van der Waals surface area contributed by atoms with Gasteiger partial charge in [0.1, 0.15) is 0 Å². The van der Waals surface area contributed by atoms with Crippen LogP contribution in [0.15, 0.2) is 30.3 Å². The van der Waals surface area contributed by atoms with Crippen molar-refractivity contribution >= 4 is 17.5 Å². The predicted molar refractivity (Wildman–Crippen MR) is 93.0 cm³/mol. The van der Waals surface area contributed by atoms with Crippen LogP contribution in [0.3, 0.4) is 0 Å². The van der Waals surface area contributed by atoms with E-state index in [0.29, 0.717) is 23.7 Å². The SMILES string of the molecule is Cc1cc(C)nc(Nc2ccccc2C(=O)NCC(C)(C)C)n1. The Kier molecular flexibility index (Phi) is 4.98. The zero-order chi connectivity index (χ0) is 17.0. The molecule has 0 radical (unpaired) electrons. The molecule has 0 aliphatic rings. The molecule has 0 saturated heterocycles. The molecule has 0 aliphatic heterocycles. The number of hydrogen-bond acceptors (Lipinski definition) is 4. The summed E-state index contributed by atoms with van der Waals surface area (Å²) in [5.74, 6) is 0.394. The summed E-state index contributed by atoms with van der Waals surface area (Å²) in [5.41, 5.74) is 3.09. The van der Waals surface area contributed by atoms with Crippen LogP contribution in [0.4, 0.5) is 11.6 Å². The number of amides is 1. The quantitative estimate of drug-likeness (QED) is 0.905. The van der Waals surface area contributed by atoms with E-state index in [1.807, 2.05) is 38.1 Å². The number of benzene rings is 1. The van der Waals surface area contributed by atoms with Gasteiger partial charge < -0.3 is 10.6 Å². The maximum Gasteiger partial charge on any atom is 0.253 e. The first-order valence-corrected chi connectivity index (χ1v) is 7.71. The third-order valence-corrected chi connectivity index (χ3v) is 3.18. The molecule has 1 aromatic carbocycles. The molecule has 1 amide bonds. The Bertz CT molecular complexity index is 684. The predicted octanol–water partition coefficient (Wildman–Crippen LogP) is 3.61. The van der Waals surface area contributed by atoms with Gasteiger partial charge in [0.15, 0.2) is 0 Å². The molecule has 0 atom stereocenters. The molecule has 0 saturated carbocycles. The van der Waals surface area contributed by atoms with Crippen LogP contribution < -0.4 is 10.6 Å². The topological polar surface area (TPSA) is 66.9 Å². The summed E-state index contributed by atoms with van der Waals surface area (Å²) in [6.07, 6.45) is 0. The molecule has 0 aliphatic carbocycles. The smallest absolute Gasteiger partial charge is 0.253 e. The van der Waals surface area contributed by atoms with Crippen molar-refractivity contribution in [3.8, 4) is 0 Å². The molecule has 0 unspecified atom stereocenters. The van der Waals surface area contributed by atoms with Gasteiger partial charge in [0.05, 0.1) is 11.3 Å². The van der Waals surface area contributed by atoms with Gasteiger partial charge in [-0.15, -0.1) is 0 Å². The summed E-state index contributed by atoms with van der Waals surface area (Å²) in [6.45, 7) is 10.7. The Balaban J connectivity index is 2.21. The molecule has 1 aromatic heterocycles. The fourth-order valence-corrected chi connectivity index (χ4v) is 2.13. The van der Waals surface area contributed by atoms with Gasteiger partial charge in [0.25, 0.3) is 5.91 Å². The summed E-state index contributed by atoms with van der Waals surface area (Å²) in [4.78, 5) is 21.2. The Labute approximate surface area is 137 Å². The Morgan fingerprint density at radius 1 is 1.09 bits per heavy atom. The number of rotatable bonds is 4. The van der Waals surface area contributed by atoms with E-state index in [1.165, 1.54) is 0 Å². The average Bonchev–Trinajstić information content (AvgIpc) is 2.43. The monoisotopic (exact) mass is 312 g/mol. The second kappa shape index (κ2) is 6.77. The molecule has 0 fully saturated rings. The zero-order valence-corrected chi connectivity index (χ0v) is 14.4. The minimum absolute atomic E-state index is 0.0365. The number of aryl methyl sites for hydroxylation is 2. The van der Waals surface area contributed by atoms with Crippen LogP contribution in [0.5, 0.6) is 0 Å². The number of carbonyl (C=O) groups excluding carboxylic acids is 1. The van der Waals surface area contributed by atoms with Crippen molar-refractivity contribution in [1.29, 1.82) is 0 Å². The lowest BCUT2D eigenvalue weighted by atomic mass is 9.97. The van der Waals surface area contributed by atoms with Crippen LogP contribution in [-0.2, 0) is 0 Å². The van der Waals surface area contributed by atoms with E-state index >= 15 is 0 Å². The molecule has 2 N–H and O–H groups in total. The van der Waals surface area contributed by atoms with Crippen LogP contribution >= 0.6 is 0 Å². The Hall–Kier alpha value is -2.43. The van der Waals surface area contributed by atoms with Crippen LogP contribution in [0, 0.1) is 19.3 Å². The highest BCUT2D eigenvalue weighted by Crippen LogP contribution is 2.20. The summed E-state index contributed by atoms with van der Waals surface area (Å²) in [6, 6.07) is 9.29. The normalized spacial score (nSPS) is 11.2. The molecular weight excluding hydrogens is 288 g/mol. The number of carbonyl (C=O) groups is 1. The van der Waals surface area contributed by atoms with E-state index in [1.54, 1.807) is 6.07 Å². The highest BCUT2D eigenvalue weighted by molar-refractivity contribution is 6.00. The number of nitrogens with one attached hydrogen (secondary N) is 2. The molecule has 0 bridgehead atoms. The first-order chi connectivity index (χ1) is 10.7. The first-order valence-electron chi connectivity index (χ1n) is 7.71. The van der Waals surface area contributed by atoms with Gasteiger partial charge in [-0.25, -0.2) is 9.97 Å². The van der Waals surface area contributed by atoms with Gasteiger partial charge in [0, 0.05) is 17.9 Å². The maximum atomic E-state index is 12.4. The fourth-order valence-electron chi connectivity index (χ4n) is 2.13. The van der Waals surface area contributed by atoms with Gasteiger partial charge in [0.2, 0.25) is 5.95 Å². The minimum Gasteiger partial charge on any atom is -0.351 e. The number of para-hydroxylation sites is 1. The van der Waals surface area contributed by atoms with Gasteiger partial charge in [-0.05, 0) is 37.5 Å². The summed E-state index contributed by atoms with van der Waals surface area (Å²) < 4.78 is 0. The molecule has 122 valence electrons. The molecular formula is C18H24N4O. The van der Waals surface area contributed by atoms with Gasteiger partial charge in [-0.2, -0.15) is 0 Å². The van der Waals surface area contributed by atoms with Crippen molar-refractivity contribution in [3.63, 3.8) is 0 Å². The summed E-state index contributed by atoms with van der Waals surface area (Å²) >= 11 is 0. The van der Waals surface area contributed by atoms with Crippen molar-refractivity contribution in [3.05, 3.63) is 47.3 Å². The van der Waals surface area contributed by atoms with Crippen LogP contribution in [0.1, 0.15) is 42.5 Å². The lowest BCUT2D eigenvalue weighted by molar-refractivity contribution is 0.0940. The second-order valence-electron chi connectivity index (χ2n) is 6.89. The summed E-state index contributed by atoms with van der Waals surface area (Å²) in [5, 5.41) is 6.12. The molecule has 0 spiro atoms. The highest BCUT2D eigenvalue weighted by atomic mass is 16.1. The van der Waals surface area contributed by atoms with Crippen molar-refractivity contribution in [2.75, 3.05) is 11.9 Å². The molecule has 1 heterocycles. The van der Waals surface area contributed by atoms with Gasteiger partial charge in [-0.3, -0.25) is 4.79 Å². The van der Waals surface area contributed by atoms with Crippen molar-refractivity contribution in [2.45, 2.75) is 34.6 Å². The van der Waals surface area contributed by atoms with Crippen molar-refractivity contribution < 1.29 is 4.79 Å². The Morgan fingerprint density at radius 3 is 2.30 bits per heavy atom. The second-order valence-corrected chi connectivity index (χ2v) is 6.89. The van der Waals surface area contributed by atoms with E-state index < -0.39 is 0 Å². The zero-order valence-electron chi connectivity index (χ0n) is 14.4. The third-order valence-electron chi connectivity index (χ3n) is 3.18. The third kappa shape index (κ3) is 5.06. The lowest BCUT2D eigenvalue weighted by Crippen LogP contribution is -2.32. The van der Waals surface area contributed by atoms with Crippen LogP contribution in [0.2, 0.25) is 0 Å². The Morgan fingerprint density at radius 2 is 1.70 bits per heavy atom. The van der Waals surface area contributed by atoms with Gasteiger partial charge in [-0.1, -0.05) is 32.9 Å². The van der Waals surface area contributed by atoms with E-state index in [9.17, 15) is 4.79 Å².